The molecule has 0 spiro atoms. The number of nitrogens with one attached hydrogen (secondary N) is 1. The number of amides is 1. The van der Waals surface area contributed by atoms with Crippen LogP contribution >= 0.6 is 0 Å². The van der Waals surface area contributed by atoms with Gasteiger partial charge in [0.25, 0.3) is 5.91 Å². The van der Waals surface area contributed by atoms with E-state index in [9.17, 15) is 27.9 Å². The molecule has 2 fully saturated rings. The van der Waals surface area contributed by atoms with Crippen molar-refractivity contribution in [3.8, 4) is 0 Å². The summed E-state index contributed by atoms with van der Waals surface area (Å²) in [4.78, 5) is 36.2. The van der Waals surface area contributed by atoms with Crippen molar-refractivity contribution >= 4 is 23.5 Å². The molecule has 1 saturated heterocycles. The molecule has 2 heterocycles. The molecule has 2 atom stereocenters. The van der Waals surface area contributed by atoms with Crippen molar-refractivity contribution < 1.29 is 27.9 Å². The molecule has 2 aromatic rings. The Bertz CT molecular complexity index is 1120. The molecule has 200 valence electrons. The van der Waals surface area contributed by atoms with Gasteiger partial charge in [0.15, 0.2) is 0 Å². The Kier molecular flexibility index (Phi) is 8.01. The third-order valence-electron chi connectivity index (χ3n) is 7.49. The number of carboxylic acid groups (broad SMARTS) is 1. The number of likely N-dealkylation sites (tertiary alicyclic amines) is 1. The average Bonchev–Trinajstić information content (AvgIpc) is 3.32. The Labute approximate surface area is 213 Å². The fourth-order valence-electron chi connectivity index (χ4n) is 5.20. The van der Waals surface area contributed by atoms with Crippen molar-refractivity contribution in [2.45, 2.75) is 50.7 Å². The largest absolute Gasteiger partial charge is 0.481 e. The number of aliphatic carboxylic acids is 1. The molecular formula is C26H32F3N5O3. The number of rotatable bonds is 7. The molecule has 0 unspecified atom stereocenters. The smallest absolute Gasteiger partial charge is 0.419 e. The SMILES string of the molecule is CN1CCC(N(C)C(=O)c2ccc(Nc3ncc(C(F)(F)F)c(C[C@@H]4CC[C@H](C(=O)O)C4)n3)cc2)CC1. The number of hydrogen-bond acceptors (Lipinski definition) is 6. The predicted octanol–water partition coefficient (Wildman–Crippen LogP) is 4.45. The van der Waals surface area contributed by atoms with Gasteiger partial charge in [0.05, 0.1) is 17.2 Å². The van der Waals surface area contributed by atoms with Gasteiger partial charge in [0, 0.05) is 30.5 Å². The van der Waals surface area contributed by atoms with E-state index in [-0.39, 0.29) is 35.9 Å². The lowest BCUT2D eigenvalue weighted by Crippen LogP contribution is -2.44. The molecule has 1 aliphatic carbocycles. The quantitative estimate of drug-likeness (QED) is 0.558. The minimum absolute atomic E-state index is 0.0123. The summed E-state index contributed by atoms with van der Waals surface area (Å²) in [6.07, 6.45) is -0.637. The first-order valence-corrected chi connectivity index (χ1v) is 12.5. The number of hydrogen-bond donors (Lipinski definition) is 2. The van der Waals surface area contributed by atoms with Crippen LogP contribution < -0.4 is 5.32 Å². The zero-order valence-corrected chi connectivity index (χ0v) is 21.0. The summed E-state index contributed by atoms with van der Waals surface area (Å²) < 4.78 is 40.8. The monoisotopic (exact) mass is 519 g/mol. The summed E-state index contributed by atoms with van der Waals surface area (Å²) >= 11 is 0. The topological polar surface area (TPSA) is 98.7 Å². The van der Waals surface area contributed by atoms with Gasteiger partial charge in [-0.15, -0.1) is 0 Å². The van der Waals surface area contributed by atoms with E-state index >= 15 is 0 Å². The molecule has 8 nitrogen and oxygen atoms in total. The Morgan fingerprint density at radius 3 is 2.41 bits per heavy atom. The first-order valence-electron chi connectivity index (χ1n) is 12.5. The standard InChI is InChI=1S/C26H32F3N5O3/c1-33-11-9-20(10-12-33)34(2)23(35)17-5-7-19(8-6-17)31-25-30-15-21(26(27,28)29)22(32-25)14-16-3-4-18(13-16)24(36)37/h5-8,15-16,18,20H,3-4,9-14H2,1-2H3,(H,36,37)(H,30,31,32)/t16-,18+/m1/s1. The van der Waals surface area contributed by atoms with E-state index in [2.05, 4.69) is 27.2 Å². The zero-order valence-electron chi connectivity index (χ0n) is 21.0. The van der Waals surface area contributed by atoms with Crippen LogP contribution in [0, 0.1) is 11.8 Å². The Morgan fingerprint density at radius 1 is 1.14 bits per heavy atom. The Morgan fingerprint density at radius 2 is 1.81 bits per heavy atom. The molecule has 1 aromatic heterocycles. The maximum Gasteiger partial charge on any atom is 0.419 e. The van der Waals surface area contributed by atoms with Crippen molar-refractivity contribution in [2.75, 3.05) is 32.5 Å². The number of benzene rings is 1. The summed E-state index contributed by atoms with van der Waals surface area (Å²) in [6.45, 7) is 1.89. The Balaban J connectivity index is 1.45. The molecular weight excluding hydrogens is 487 g/mol. The number of carbonyl (C=O) groups excluding carboxylic acids is 1. The molecule has 1 aliphatic heterocycles. The minimum atomic E-state index is -4.61. The van der Waals surface area contributed by atoms with Crippen LogP contribution in [0.5, 0.6) is 0 Å². The van der Waals surface area contributed by atoms with Gasteiger partial charge in [-0.3, -0.25) is 9.59 Å². The molecule has 1 saturated carbocycles. The number of nitrogens with zero attached hydrogens (tertiary/aromatic N) is 4. The highest BCUT2D eigenvalue weighted by molar-refractivity contribution is 5.94. The van der Waals surface area contributed by atoms with Crippen molar-refractivity contribution in [1.82, 2.24) is 19.8 Å². The van der Waals surface area contributed by atoms with Crippen LogP contribution in [0.4, 0.5) is 24.8 Å². The van der Waals surface area contributed by atoms with Crippen molar-refractivity contribution in [3.63, 3.8) is 0 Å². The van der Waals surface area contributed by atoms with Gasteiger partial charge in [0.2, 0.25) is 5.95 Å². The minimum Gasteiger partial charge on any atom is -0.481 e. The lowest BCUT2D eigenvalue weighted by Gasteiger charge is -2.35. The molecule has 37 heavy (non-hydrogen) atoms. The first-order chi connectivity index (χ1) is 17.5. The highest BCUT2D eigenvalue weighted by Gasteiger charge is 2.37. The van der Waals surface area contributed by atoms with Gasteiger partial charge in [-0.1, -0.05) is 0 Å². The second-order valence-corrected chi connectivity index (χ2v) is 10.1. The van der Waals surface area contributed by atoms with Crippen LogP contribution in [0.2, 0.25) is 0 Å². The van der Waals surface area contributed by atoms with Crippen LogP contribution in [-0.2, 0) is 17.4 Å². The van der Waals surface area contributed by atoms with E-state index in [1.165, 1.54) is 0 Å². The summed E-state index contributed by atoms with van der Waals surface area (Å²) in [5.41, 5.74) is 0.00790. The fourth-order valence-corrected chi connectivity index (χ4v) is 5.20. The van der Waals surface area contributed by atoms with Crippen molar-refractivity contribution in [1.29, 1.82) is 0 Å². The lowest BCUT2D eigenvalue weighted by molar-refractivity contribution is -0.142. The van der Waals surface area contributed by atoms with Crippen LogP contribution in [0.1, 0.15) is 53.7 Å². The zero-order chi connectivity index (χ0) is 26.7. The van der Waals surface area contributed by atoms with E-state index in [4.69, 9.17) is 0 Å². The van der Waals surface area contributed by atoms with E-state index < -0.39 is 23.6 Å². The van der Waals surface area contributed by atoms with E-state index in [0.29, 0.717) is 30.5 Å². The molecule has 4 rings (SSSR count). The summed E-state index contributed by atoms with van der Waals surface area (Å²) in [7, 11) is 3.88. The second-order valence-electron chi connectivity index (χ2n) is 10.1. The number of carboxylic acids is 1. The number of halogens is 3. The van der Waals surface area contributed by atoms with Gasteiger partial charge in [-0.2, -0.15) is 13.2 Å². The highest BCUT2D eigenvalue weighted by atomic mass is 19.4. The number of alkyl halides is 3. The van der Waals surface area contributed by atoms with Crippen LogP contribution in [-0.4, -0.2) is 70.0 Å². The Hall–Kier alpha value is -3.21. The first kappa shape index (κ1) is 26.8. The predicted molar refractivity (Wildman–Crippen MR) is 132 cm³/mol. The number of anilines is 2. The molecule has 1 aromatic carbocycles. The third kappa shape index (κ3) is 6.57. The van der Waals surface area contributed by atoms with Crippen LogP contribution in [0.25, 0.3) is 0 Å². The molecule has 0 bridgehead atoms. The van der Waals surface area contributed by atoms with E-state index in [1.807, 2.05) is 7.05 Å². The number of carbonyl (C=O) groups is 2. The van der Waals surface area contributed by atoms with Crippen molar-refractivity contribution in [3.05, 3.63) is 47.3 Å². The lowest BCUT2D eigenvalue weighted by atomic mass is 9.97. The molecule has 11 heteroatoms. The normalized spacial score (nSPS) is 21.1. The van der Waals surface area contributed by atoms with Gasteiger partial charge in [-0.25, -0.2) is 9.97 Å². The summed E-state index contributed by atoms with van der Waals surface area (Å²) in [5.74, 6) is -1.69. The van der Waals surface area contributed by atoms with Gasteiger partial charge in [0.1, 0.15) is 0 Å². The molecule has 1 amide bonds. The second kappa shape index (κ2) is 11.0. The molecule has 0 radical (unpaired) electrons. The van der Waals surface area contributed by atoms with E-state index in [0.717, 1.165) is 32.1 Å². The molecule has 2 aliphatic rings. The van der Waals surface area contributed by atoms with Gasteiger partial charge in [-0.05, 0) is 88.8 Å². The van der Waals surface area contributed by atoms with E-state index in [1.54, 1.807) is 29.2 Å². The third-order valence-corrected chi connectivity index (χ3v) is 7.49. The number of piperidine rings is 1. The highest BCUT2D eigenvalue weighted by Crippen LogP contribution is 2.37. The summed E-state index contributed by atoms with van der Waals surface area (Å²) in [6, 6.07) is 6.87. The van der Waals surface area contributed by atoms with Crippen LogP contribution in [0.15, 0.2) is 30.5 Å². The molecule has 2 N–H and O–H groups in total. The van der Waals surface area contributed by atoms with Gasteiger partial charge >= 0.3 is 12.1 Å². The maximum atomic E-state index is 13.6. The van der Waals surface area contributed by atoms with Crippen molar-refractivity contribution in [2.24, 2.45) is 11.8 Å². The fraction of sp³-hybridized carbons (Fsp3) is 0.538. The number of aromatic nitrogens is 2. The van der Waals surface area contributed by atoms with Gasteiger partial charge < -0.3 is 20.2 Å². The van der Waals surface area contributed by atoms with Crippen LogP contribution in [0.3, 0.4) is 0 Å². The summed E-state index contributed by atoms with van der Waals surface area (Å²) in [5, 5.41) is 12.1. The average molecular weight is 520 g/mol. The maximum absolute atomic E-state index is 13.6.